The number of carboxylic acid groups (broad SMARTS) is 1. The number of aromatic nitrogens is 1. The van der Waals surface area contributed by atoms with Gasteiger partial charge in [0.25, 0.3) is 0 Å². The summed E-state index contributed by atoms with van der Waals surface area (Å²) in [6.07, 6.45) is -2.84. The molecule has 34 heavy (non-hydrogen) atoms. The summed E-state index contributed by atoms with van der Waals surface area (Å²) in [5.74, 6) is -1.06. The molecule has 0 amide bonds. The summed E-state index contributed by atoms with van der Waals surface area (Å²) in [5, 5.41) is 11.0. The Balaban J connectivity index is 1.61. The van der Waals surface area contributed by atoms with Gasteiger partial charge in [-0.15, -0.1) is 0 Å². The fourth-order valence-electron chi connectivity index (χ4n) is 4.69. The first-order valence-corrected chi connectivity index (χ1v) is 11.8. The lowest BCUT2D eigenvalue weighted by Crippen LogP contribution is -2.35. The molecule has 0 radical (unpaired) electrons. The van der Waals surface area contributed by atoms with Gasteiger partial charge in [0.1, 0.15) is 0 Å². The molecule has 1 N–H and O–H groups in total. The molecule has 3 aromatic rings. The van der Waals surface area contributed by atoms with Crippen molar-refractivity contribution in [1.82, 2.24) is 9.47 Å². The zero-order valence-corrected chi connectivity index (χ0v) is 20.4. The van der Waals surface area contributed by atoms with Crippen molar-refractivity contribution in [3.05, 3.63) is 68.3 Å². The number of aliphatic carboxylic acids is 1. The Kier molecular flexibility index (Phi) is 6.91. The van der Waals surface area contributed by atoms with Crippen LogP contribution in [-0.4, -0.2) is 33.6 Å². The number of aryl methyl sites for hydroxylation is 2. The van der Waals surface area contributed by atoms with E-state index < -0.39 is 17.7 Å². The second-order valence-electron chi connectivity index (χ2n) is 8.98. The van der Waals surface area contributed by atoms with Gasteiger partial charge in [-0.1, -0.05) is 29.3 Å². The Morgan fingerprint density at radius 1 is 1.15 bits per heavy atom. The largest absolute Gasteiger partial charge is 0.481 e. The van der Waals surface area contributed by atoms with Crippen molar-refractivity contribution in [2.45, 2.75) is 38.9 Å². The molecule has 0 atom stereocenters. The standard InChI is InChI=1S/C25H25Cl2F3N2O2/c1-14-9-17(25(28,29)30)10-22-19(14)11-18(31(22)2)12-20-21(26)4-3-16(23(20)27)13-32-7-5-15(6-8-32)24(33)34/h3-4,9-11,15H,5-8,12-13H2,1-2H3,(H,33,34). The molecular weight excluding hydrogens is 488 g/mol. The molecule has 1 aromatic heterocycles. The molecule has 1 aliphatic heterocycles. The van der Waals surface area contributed by atoms with Crippen LogP contribution in [-0.2, 0) is 31.0 Å². The molecule has 0 unspecified atom stereocenters. The summed E-state index contributed by atoms with van der Waals surface area (Å²) in [7, 11) is 1.75. The molecular formula is C25H25Cl2F3N2O2. The van der Waals surface area contributed by atoms with E-state index >= 15 is 0 Å². The van der Waals surface area contributed by atoms with Crippen LogP contribution in [0.15, 0.2) is 30.3 Å². The van der Waals surface area contributed by atoms with E-state index in [1.165, 1.54) is 12.1 Å². The number of hydrogen-bond acceptors (Lipinski definition) is 2. The molecule has 1 saturated heterocycles. The molecule has 9 heteroatoms. The quantitative estimate of drug-likeness (QED) is 0.413. The van der Waals surface area contributed by atoms with Crippen LogP contribution in [0.3, 0.4) is 0 Å². The lowest BCUT2D eigenvalue weighted by Gasteiger charge is -2.30. The Morgan fingerprint density at radius 3 is 2.44 bits per heavy atom. The predicted octanol–water partition coefficient (Wildman–Crippen LogP) is 6.70. The number of piperidine rings is 1. The van der Waals surface area contributed by atoms with Crippen LogP contribution >= 0.6 is 23.2 Å². The lowest BCUT2D eigenvalue weighted by molar-refractivity contribution is -0.143. The van der Waals surface area contributed by atoms with E-state index in [9.17, 15) is 23.1 Å². The van der Waals surface area contributed by atoms with Crippen LogP contribution in [0.1, 0.15) is 40.8 Å². The zero-order valence-electron chi connectivity index (χ0n) is 18.8. The van der Waals surface area contributed by atoms with E-state index in [0.29, 0.717) is 60.0 Å². The van der Waals surface area contributed by atoms with Crippen molar-refractivity contribution >= 4 is 40.1 Å². The van der Waals surface area contributed by atoms with Gasteiger partial charge in [-0.2, -0.15) is 13.2 Å². The zero-order chi connectivity index (χ0) is 24.8. The van der Waals surface area contributed by atoms with Crippen molar-refractivity contribution in [2.75, 3.05) is 13.1 Å². The number of carbonyl (C=O) groups is 1. The van der Waals surface area contributed by atoms with E-state index in [1.807, 2.05) is 12.1 Å². The average molecular weight is 513 g/mol. The number of alkyl halides is 3. The number of fused-ring (bicyclic) bond motifs is 1. The molecule has 2 heterocycles. The van der Waals surface area contributed by atoms with Gasteiger partial charge >= 0.3 is 12.1 Å². The monoisotopic (exact) mass is 512 g/mol. The topological polar surface area (TPSA) is 45.5 Å². The number of hydrogen-bond donors (Lipinski definition) is 1. The molecule has 0 spiro atoms. The molecule has 0 aliphatic carbocycles. The maximum absolute atomic E-state index is 13.3. The number of benzene rings is 2. The summed E-state index contributed by atoms with van der Waals surface area (Å²) in [6, 6.07) is 7.89. The molecule has 4 nitrogen and oxygen atoms in total. The maximum Gasteiger partial charge on any atom is 0.416 e. The molecule has 182 valence electrons. The van der Waals surface area contributed by atoms with Gasteiger partial charge in [0.05, 0.1) is 16.5 Å². The van der Waals surface area contributed by atoms with Crippen molar-refractivity contribution in [1.29, 1.82) is 0 Å². The molecule has 2 aromatic carbocycles. The van der Waals surface area contributed by atoms with E-state index in [-0.39, 0.29) is 5.92 Å². The highest BCUT2D eigenvalue weighted by atomic mass is 35.5. The van der Waals surface area contributed by atoms with Gasteiger partial charge in [0, 0.05) is 41.6 Å². The van der Waals surface area contributed by atoms with Crippen molar-refractivity contribution in [3.8, 4) is 0 Å². The van der Waals surface area contributed by atoms with Crippen LogP contribution in [0.4, 0.5) is 13.2 Å². The van der Waals surface area contributed by atoms with Crippen LogP contribution in [0, 0.1) is 12.8 Å². The first-order chi connectivity index (χ1) is 16.0. The number of likely N-dealkylation sites (tertiary alicyclic amines) is 1. The van der Waals surface area contributed by atoms with E-state index in [4.69, 9.17) is 23.2 Å². The smallest absolute Gasteiger partial charge is 0.416 e. The Labute approximate surface area is 205 Å². The molecule has 0 bridgehead atoms. The Hall–Kier alpha value is -2.22. The first-order valence-electron chi connectivity index (χ1n) is 11.0. The summed E-state index contributed by atoms with van der Waals surface area (Å²) in [5.41, 5.74) is 2.81. The fourth-order valence-corrected chi connectivity index (χ4v) is 5.25. The van der Waals surface area contributed by atoms with Crippen LogP contribution < -0.4 is 0 Å². The Morgan fingerprint density at radius 2 is 1.82 bits per heavy atom. The normalized spacial score (nSPS) is 15.9. The van der Waals surface area contributed by atoms with Crippen molar-refractivity contribution in [3.63, 3.8) is 0 Å². The summed E-state index contributed by atoms with van der Waals surface area (Å²) in [4.78, 5) is 13.4. The van der Waals surface area contributed by atoms with Crippen LogP contribution in [0.25, 0.3) is 10.9 Å². The van der Waals surface area contributed by atoms with E-state index in [1.54, 1.807) is 24.6 Å². The molecule has 1 fully saturated rings. The summed E-state index contributed by atoms with van der Waals surface area (Å²) >= 11 is 13.3. The third kappa shape index (κ3) is 4.92. The first kappa shape index (κ1) is 24.9. The third-order valence-corrected chi connectivity index (χ3v) is 7.58. The minimum absolute atomic E-state index is 0.305. The van der Waals surface area contributed by atoms with Gasteiger partial charge in [-0.25, -0.2) is 0 Å². The molecule has 1 aliphatic rings. The van der Waals surface area contributed by atoms with Gasteiger partial charge in [0.2, 0.25) is 0 Å². The van der Waals surface area contributed by atoms with Crippen molar-refractivity contribution in [2.24, 2.45) is 13.0 Å². The molecule has 0 saturated carbocycles. The highest BCUT2D eigenvalue weighted by Crippen LogP contribution is 2.36. The highest BCUT2D eigenvalue weighted by Gasteiger charge is 2.31. The second-order valence-corrected chi connectivity index (χ2v) is 9.77. The third-order valence-electron chi connectivity index (χ3n) is 6.75. The fraction of sp³-hybridized carbons (Fsp3) is 0.400. The van der Waals surface area contributed by atoms with E-state index in [0.717, 1.165) is 22.2 Å². The average Bonchev–Trinajstić information content (AvgIpc) is 3.09. The van der Waals surface area contributed by atoms with Gasteiger partial charge < -0.3 is 9.67 Å². The number of halogens is 5. The minimum atomic E-state index is -4.41. The van der Waals surface area contributed by atoms with Gasteiger partial charge in [0.15, 0.2) is 0 Å². The second kappa shape index (κ2) is 9.44. The maximum atomic E-state index is 13.3. The predicted molar refractivity (Wildman–Crippen MR) is 128 cm³/mol. The van der Waals surface area contributed by atoms with Crippen molar-refractivity contribution < 1.29 is 23.1 Å². The lowest BCUT2D eigenvalue weighted by atomic mass is 9.96. The minimum Gasteiger partial charge on any atom is -0.481 e. The summed E-state index contributed by atoms with van der Waals surface area (Å²) < 4.78 is 41.7. The number of nitrogens with zero attached hydrogens (tertiary/aromatic N) is 2. The summed E-state index contributed by atoms with van der Waals surface area (Å²) in [6.45, 7) is 3.61. The van der Waals surface area contributed by atoms with Gasteiger partial charge in [-0.3, -0.25) is 9.69 Å². The number of rotatable bonds is 5. The van der Waals surface area contributed by atoms with Crippen LogP contribution in [0.2, 0.25) is 10.0 Å². The van der Waals surface area contributed by atoms with Crippen LogP contribution in [0.5, 0.6) is 0 Å². The Bertz CT molecular complexity index is 1250. The van der Waals surface area contributed by atoms with E-state index in [2.05, 4.69) is 4.90 Å². The molecule has 4 rings (SSSR count). The SMILES string of the molecule is Cc1cc(C(F)(F)F)cc2c1cc(Cc1c(Cl)ccc(CN3CCC(C(=O)O)CC3)c1Cl)n2C. The highest BCUT2D eigenvalue weighted by molar-refractivity contribution is 6.36. The van der Waals surface area contributed by atoms with Gasteiger partial charge in [-0.05, 0) is 73.8 Å². The number of carboxylic acids is 1.